The molecular formula is C10H10F5N. The summed E-state index contributed by atoms with van der Waals surface area (Å²) in [5, 5.41) is 0. The second-order valence-electron chi connectivity index (χ2n) is 3.32. The van der Waals surface area contributed by atoms with E-state index in [2.05, 4.69) is 0 Å². The number of halogens is 5. The molecule has 1 nitrogen and oxygen atoms in total. The number of benzene rings is 1. The molecule has 0 radical (unpaired) electrons. The molecule has 2 N–H and O–H groups in total. The Bertz CT molecular complexity index is 347. The molecule has 1 atom stereocenters. The molecule has 1 aromatic carbocycles. The molecule has 1 aromatic rings. The lowest BCUT2D eigenvalue weighted by atomic mass is 9.98. The van der Waals surface area contributed by atoms with E-state index in [0.717, 1.165) is 12.1 Å². The van der Waals surface area contributed by atoms with Crippen molar-refractivity contribution in [1.29, 1.82) is 0 Å². The Balaban J connectivity index is 3.04. The van der Waals surface area contributed by atoms with Crippen molar-refractivity contribution in [2.45, 2.75) is 25.1 Å². The maximum atomic E-state index is 12.5. The van der Waals surface area contributed by atoms with Gasteiger partial charge in [0.15, 0.2) is 0 Å². The zero-order valence-corrected chi connectivity index (χ0v) is 8.14. The van der Waals surface area contributed by atoms with Gasteiger partial charge in [0.25, 0.3) is 0 Å². The van der Waals surface area contributed by atoms with Crippen LogP contribution in [-0.2, 0) is 6.18 Å². The highest BCUT2D eigenvalue weighted by atomic mass is 19.4. The van der Waals surface area contributed by atoms with E-state index in [1.165, 1.54) is 12.1 Å². The summed E-state index contributed by atoms with van der Waals surface area (Å²) in [4.78, 5) is 0. The molecule has 0 saturated heterocycles. The summed E-state index contributed by atoms with van der Waals surface area (Å²) in [6, 6.07) is 3.19. The molecule has 0 aromatic heterocycles. The van der Waals surface area contributed by atoms with Gasteiger partial charge in [-0.3, -0.25) is 0 Å². The van der Waals surface area contributed by atoms with Crippen LogP contribution in [0.25, 0.3) is 0 Å². The summed E-state index contributed by atoms with van der Waals surface area (Å²) in [5.41, 5.74) is 4.06. The Hall–Kier alpha value is -1.17. The fourth-order valence-electron chi connectivity index (χ4n) is 1.40. The van der Waals surface area contributed by atoms with Crippen LogP contribution in [0, 0.1) is 0 Å². The first kappa shape index (κ1) is 12.9. The van der Waals surface area contributed by atoms with Crippen molar-refractivity contribution in [2.75, 3.05) is 0 Å². The van der Waals surface area contributed by atoms with E-state index in [9.17, 15) is 22.0 Å². The van der Waals surface area contributed by atoms with Crippen LogP contribution in [0.2, 0.25) is 0 Å². The van der Waals surface area contributed by atoms with E-state index in [0.29, 0.717) is 0 Å². The second kappa shape index (κ2) is 4.78. The molecule has 1 rings (SSSR count). The molecule has 90 valence electrons. The van der Waals surface area contributed by atoms with Gasteiger partial charge in [0, 0.05) is 12.5 Å². The lowest BCUT2D eigenvalue weighted by molar-refractivity contribution is -0.138. The zero-order chi connectivity index (χ0) is 12.3. The van der Waals surface area contributed by atoms with Crippen LogP contribution in [-0.4, -0.2) is 6.43 Å². The third-order valence-electron chi connectivity index (χ3n) is 2.10. The Morgan fingerprint density at radius 3 is 2.19 bits per heavy atom. The van der Waals surface area contributed by atoms with E-state index in [1.807, 2.05) is 0 Å². The first-order valence-corrected chi connectivity index (χ1v) is 4.52. The van der Waals surface area contributed by atoms with E-state index in [4.69, 9.17) is 5.73 Å². The standard InChI is InChI=1S/C10H10F5N/c11-9(12)5-8(16)6-3-1-2-4-7(6)10(13,14)15/h1-4,8-9H,5,16H2/t8-/m1/s1. The van der Waals surface area contributed by atoms with Gasteiger partial charge in [-0.1, -0.05) is 18.2 Å². The van der Waals surface area contributed by atoms with Gasteiger partial charge in [-0.25, -0.2) is 8.78 Å². The van der Waals surface area contributed by atoms with Gasteiger partial charge >= 0.3 is 6.18 Å². The smallest absolute Gasteiger partial charge is 0.324 e. The number of rotatable bonds is 3. The molecular weight excluding hydrogens is 229 g/mol. The summed E-state index contributed by atoms with van der Waals surface area (Å²) >= 11 is 0. The lowest BCUT2D eigenvalue weighted by Crippen LogP contribution is -2.19. The van der Waals surface area contributed by atoms with Crippen molar-refractivity contribution < 1.29 is 22.0 Å². The highest BCUT2D eigenvalue weighted by Crippen LogP contribution is 2.35. The minimum atomic E-state index is -4.57. The van der Waals surface area contributed by atoms with Crippen molar-refractivity contribution in [3.63, 3.8) is 0 Å². The Kier molecular flexibility index (Phi) is 3.85. The minimum Gasteiger partial charge on any atom is -0.324 e. The van der Waals surface area contributed by atoms with Crippen LogP contribution in [0.4, 0.5) is 22.0 Å². The quantitative estimate of drug-likeness (QED) is 0.804. The van der Waals surface area contributed by atoms with Gasteiger partial charge < -0.3 is 5.73 Å². The van der Waals surface area contributed by atoms with Crippen molar-refractivity contribution in [3.8, 4) is 0 Å². The molecule has 0 fully saturated rings. The predicted molar refractivity (Wildman–Crippen MR) is 49.0 cm³/mol. The summed E-state index contributed by atoms with van der Waals surface area (Å²) in [7, 11) is 0. The highest BCUT2D eigenvalue weighted by molar-refractivity contribution is 5.32. The molecule has 0 aliphatic carbocycles. The molecule has 0 heterocycles. The zero-order valence-electron chi connectivity index (χ0n) is 8.14. The molecule has 0 amide bonds. The van der Waals surface area contributed by atoms with E-state index in [1.54, 1.807) is 0 Å². The summed E-state index contributed by atoms with van der Waals surface area (Å²) < 4.78 is 61.6. The molecule has 0 aliphatic rings. The van der Waals surface area contributed by atoms with E-state index >= 15 is 0 Å². The molecule has 0 unspecified atom stereocenters. The van der Waals surface area contributed by atoms with Gasteiger partial charge in [0.05, 0.1) is 5.56 Å². The maximum absolute atomic E-state index is 12.5. The highest BCUT2D eigenvalue weighted by Gasteiger charge is 2.34. The largest absolute Gasteiger partial charge is 0.416 e. The molecule has 0 spiro atoms. The van der Waals surface area contributed by atoms with Crippen LogP contribution in [0.1, 0.15) is 23.6 Å². The van der Waals surface area contributed by atoms with Crippen LogP contribution >= 0.6 is 0 Å². The minimum absolute atomic E-state index is 0.296. The molecule has 16 heavy (non-hydrogen) atoms. The van der Waals surface area contributed by atoms with Gasteiger partial charge in [0.2, 0.25) is 6.43 Å². The maximum Gasteiger partial charge on any atom is 0.416 e. The fraction of sp³-hybridized carbons (Fsp3) is 0.400. The predicted octanol–water partition coefficient (Wildman–Crippen LogP) is 3.36. The van der Waals surface area contributed by atoms with Gasteiger partial charge in [0.1, 0.15) is 0 Å². The summed E-state index contributed by atoms with van der Waals surface area (Å²) in [5.74, 6) is 0. The number of hydrogen-bond acceptors (Lipinski definition) is 1. The first-order chi connectivity index (χ1) is 7.32. The Labute approximate surface area is 89.1 Å². The van der Waals surface area contributed by atoms with Crippen LogP contribution in [0.3, 0.4) is 0 Å². The molecule has 0 saturated carbocycles. The average Bonchev–Trinajstić information content (AvgIpc) is 2.15. The number of alkyl halides is 5. The van der Waals surface area contributed by atoms with E-state index < -0.39 is 30.6 Å². The van der Waals surface area contributed by atoms with Crippen molar-refractivity contribution in [2.24, 2.45) is 5.73 Å². The van der Waals surface area contributed by atoms with Crippen LogP contribution < -0.4 is 5.73 Å². The van der Waals surface area contributed by atoms with Crippen molar-refractivity contribution in [1.82, 2.24) is 0 Å². The number of nitrogens with two attached hydrogens (primary N) is 1. The fourth-order valence-corrected chi connectivity index (χ4v) is 1.40. The Morgan fingerprint density at radius 1 is 1.12 bits per heavy atom. The lowest BCUT2D eigenvalue weighted by Gasteiger charge is -2.17. The summed E-state index contributed by atoms with van der Waals surface area (Å²) in [6.45, 7) is 0. The normalized spacial score (nSPS) is 14.2. The van der Waals surface area contributed by atoms with Gasteiger partial charge in [-0.05, 0) is 11.6 Å². The molecule has 6 heteroatoms. The third kappa shape index (κ3) is 3.16. The summed E-state index contributed by atoms with van der Waals surface area (Å²) in [6.07, 6.45) is -8.08. The Morgan fingerprint density at radius 2 is 1.69 bits per heavy atom. The molecule has 0 aliphatic heterocycles. The van der Waals surface area contributed by atoms with Gasteiger partial charge in [-0.2, -0.15) is 13.2 Å². The van der Waals surface area contributed by atoms with Gasteiger partial charge in [-0.15, -0.1) is 0 Å². The topological polar surface area (TPSA) is 26.0 Å². The van der Waals surface area contributed by atoms with E-state index in [-0.39, 0.29) is 5.56 Å². The van der Waals surface area contributed by atoms with Crippen molar-refractivity contribution >= 4 is 0 Å². The SMILES string of the molecule is N[C@H](CC(F)F)c1ccccc1C(F)(F)F. The van der Waals surface area contributed by atoms with Crippen LogP contribution in [0.5, 0.6) is 0 Å². The van der Waals surface area contributed by atoms with Crippen molar-refractivity contribution in [3.05, 3.63) is 35.4 Å². The monoisotopic (exact) mass is 239 g/mol. The second-order valence-corrected chi connectivity index (χ2v) is 3.32. The number of hydrogen-bond donors (Lipinski definition) is 1. The molecule has 0 bridgehead atoms. The first-order valence-electron chi connectivity index (χ1n) is 4.52. The third-order valence-corrected chi connectivity index (χ3v) is 2.10. The average molecular weight is 239 g/mol. The van der Waals surface area contributed by atoms with Crippen LogP contribution in [0.15, 0.2) is 24.3 Å².